The Labute approximate surface area is 167 Å². The van der Waals surface area contributed by atoms with Gasteiger partial charge in [-0.2, -0.15) is 15.1 Å². The van der Waals surface area contributed by atoms with E-state index < -0.39 is 0 Å². The first-order valence-corrected chi connectivity index (χ1v) is 9.78. The number of H-pyrrole nitrogens is 1. The average Bonchev–Trinajstić information content (AvgIpc) is 3.40. The third-order valence-corrected chi connectivity index (χ3v) is 5.56. The van der Waals surface area contributed by atoms with Crippen molar-refractivity contribution in [3.05, 3.63) is 30.7 Å². The fraction of sp³-hybridized carbons (Fsp3) is 0.400. The van der Waals surface area contributed by atoms with E-state index in [-0.39, 0.29) is 0 Å². The Morgan fingerprint density at radius 1 is 1.14 bits per heavy atom. The van der Waals surface area contributed by atoms with Gasteiger partial charge in [0.25, 0.3) is 0 Å². The third-order valence-electron chi connectivity index (χ3n) is 5.56. The van der Waals surface area contributed by atoms with Crippen LogP contribution in [0.15, 0.2) is 30.7 Å². The zero-order valence-electron chi connectivity index (χ0n) is 16.4. The van der Waals surface area contributed by atoms with Crippen LogP contribution in [0, 0.1) is 0 Å². The summed E-state index contributed by atoms with van der Waals surface area (Å²) in [4.78, 5) is 16.8. The standard InChI is InChI=1S/C20H23N7O2/c1-28-13-5-3-12(4-6-13)23-20-24-18-17(19(25-20)29-2)14(11-22-18)15-7-8-16-21-9-10-27(16)26-15/h7-13H,3-6H2,1-2H3,(H2,22,23,24,25). The van der Waals surface area contributed by atoms with Crippen molar-refractivity contribution >= 4 is 22.6 Å². The number of fused-ring (bicyclic) bond motifs is 2. The summed E-state index contributed by atoms with van der Waals surface area (Å²) >= 11 is 0. The Bertz CT molecular complexity index is 1140. The highest BCUT2D eigenvalue weighted by atomic mass is 16.5. The molecular formula is C20H23N7O2. The summed E-state index contributed by atoms with van der Waals surface area (Å²) in [6.07, 6.45) is 9.95. The zero-order valence-corrected chi connectivity index (χ0v) is 16.4. The number of methoxy groups -OCH3 is 2. The molecule has 0 atom stereocenters. The number of nitrogens with zero attached hydrogens (tertiary/aromatic N) is 5. The maximum atomic E-state index is 5.61. The predicted octanol–water partition coefficient (Wildman–Crippen LogP) is 3.05. The van der Waals surface area contributed by atoms with Gasteiger partial charge >= 0.3 is 0 Å². The number of rotatable bonds is 5. The number of hydrogen-bond donors (Lipinski definition) is 2. The number of hydrogen-bond acceptors (Lipinski definition) is 7. The van der Waals surface area contributed by atoms with Crippen LogP contribution in [0.25, 0.3) is 27.9 Å². The van der Waals surface area contributed by atoms with E-state index in [9.17, 15) is 0 Å². The van der Waals surface area contributed by atoms with Crippen LogP contribution in [0.3, 0.4) is 0 Å². The second kappa shape index (κ2) is 7.32. The van der Waals surface area contributed by atoms with E-state index in [1.165, 1.54) is 0 Å². The number of aromatic nitrogens is 6. The van der Waals surface area contributed by atoms with Crippen LogP contribution in [0.2, 0.25) is 0 Å². The molecule has 9 heteroatoms. The van der Waals surface area contributed by atoms with Crippen molar-refractivity contribution in [3.8, 4) is 17.1 Å². The normalized spacial score (nSPS) is 19.7. The Balaban J connectivity index is 1.47. The average molecular weight is 393 g/mol. The third kappa shape index (κ3) is 3.27. The quantitative estimate of drug-likeness (QED) is 0.537. The van der Waals surface area contributed by atoms with E-state index in [0.29, 0.717) is 29.6 Å². The van der Waals surface area contributed by atoms with Crippen LogP contribution in [0.1, 0.15) is 25.7 Å². The summed E-state index contributed by atoms with van der Waals surface area (Å²) in [5.74, 6) is 1.09. The molecule has 0 unspecified atom stereocenters. The fourth-order valence-corrected chi connectivity index (χ4v) is 4.00. The van der Waals surface area contributed by atoms with Crippen LogP contribution in [0.4, 0.5) is 5.95 Å². The molecule has 2 N–H and O–H groups in total. The Hall–Kier alpha value is -3.20. The van der Waals surface area contributed by atoms with Gasteiger partial charge in [-0.3, -0.25) is 0 Å². The largest absolute Gasteiger partial charge is 0.480 e. The lowest BCUT2D eigenvalue weighted by Gasteiger charge is -2.28. The Morgan fingerprint density at radius 2 is 2.00 bits per heavy atom. The summed E-state index contributed by atoms with van der Waals surface area (Å²) in [6, 6.07) is 4.20. The minimum Gasteiger partial charge on any atom is -0.480 e. The van der Waals surface area contributed by atoms with E-state index in [1.807, 2.05) is 24.5 Å². The van der Waals surface area contributed by atoms with Crippen molar-refractivity contribution in [3.63, 3.8) is 0 Å². The fourth-order valence-electron chi connectivity index (χ4n) is 4.00. The second-order valence-corrected chi connectivity index (χ2v) is 7.28. The highest BCUT2D eigenvalue weighted by molar-refractivity contribution is 5.96. The summed E-state index contributed by atoms with van der Waals surface area (Å²) in [5.41, 5.74) is 3.20. The van der Waals surface area contributed by atoms with Gasteiger partial charge in [0.15, 0.2) is 5.65 Å². The number of aromatic amines is 1. The lowest BCUT2D eigenvalue weighted by molar-refractivity contribution is 0.0681. The minimum atomic E-state index is 0.336. The summed E-state index contributed by atoms with van der Waals surface area (Å²) in [7, 11) is 3.40. The predicted molar refractivity (Wildman–Crippen MR) is 109 cm³/mol. The van der Waals surface area contributed by atoms with Gasteiger partial charge in [0, 0.05) is 37.3 Å². The van der Waals surface area contributed by atoms with Gasteiger partial charge in [-0.15, -0.1) is 0 Å². The first kappa shape index (κ1) is 17.9. The van der Waals surface area contributed by atoms with Crippen LogP contribution in [0.5, 0.6) is 5.88 Å². The van der Waals surface area contributed by atoms with Gasteiger partial charge in [0.05, 0.1) is 24.3 Å². The summed E-state index contributed by atoms with van der Waals surface area (Å²) < 4.78 is 12.8. The van der Waals surface area contributed by atoms with Crippen molar-refractivity contribution in [1.29, 1.82) is 0 Å². The smallest absolute Gasteiger partial charge is 0.228 e. The molecule has 5 rings (SSSR count). The van der Waals surface area contributed by atoms with Gasteiger partial charge in [-0.25, -0.2) is 9.50 Å². The molecule has 150 valence electrons. The van der Waals surface area contributed by atoms with E-state index in [2.05, 4.69) is 30.4 Å². The monoisotopic (exact) mass is 393 g/mol. The SMILES string of the molecule is COc1nc(NC2CCC(OC)CC2)nc2[nH]cc(-c3ccc4nccn4n3)c12. The van der Waals surface area contributed by atoms with Gasteiger partial charge in [0.2, 0.25) is 11.8 Å². The molecule has 1 saturated carbocycles. The van der Waals surface area contributed by atoms with E-state index >= 15 is 0 Å². The first-order valence-electron chi connectivity index (χ1n) is 9.78. The first-order chi connectivity index (χ1) is 14.2. The van der Waals surface area contributed by atoms with Crippen LogP contribution >= 0.6 is 0 Å². The van der Waals surface area contributed by atoms with Crippen LogP contribution in [-0.4, -0.2) is 55.9 Å². The molecule has 9 nitrogen and oxygen atoms in total. The van der Waals surface area contributed by atoms with Crippen molar-refractivity contribution in [1.82, 2.24) is 29.5 Å². The molecule has 1 aliphatic rings. The Kier molecular flexibility index (Phi) is 4.51. The molecule has 0 aromatic carbocycles. The molecule has 0 radical (unpaired) electrons. The molecular weight excluding hydrogens is 370 g/mol. The zero-order chi connectivity index (χ0) is 19.8. The molecule has 29 heavy (non-hydrogen) atoms. The van der Waals surface area contributed by atoms with Crippen molar-refractivity contribution in [2.45, 2.75) is 37.8 Å². The topological polar surface area (TPSA) is 102 Å². The molecule has 0 saturated heterocycles. The molecule has 0 bridgehead atoms. The molecule has 1 fully saturated rings. The molecule has 4 heterocycles. The molecule has 1 aliphatic carbocycles. The Morgan fingerprint density at radius 3 is 2.79 bits per heavy atom. The van der Waals surface area contributed by atoms with Gasteiger partial charge < -0.3 is 19.8 Å². The minimum absolute atomic E-state index is 0.336. The van der Waals surface area contributed by atoms with Gasteiger partial charge in [0.1, 0.15) is 5.65 Å². The molecule has 4 aromatic heterocycles. The maximum Gasteiger partial charge on any atom is 0.228 e. The van der Waals surface area contributed by atoms with E-state index in [0.717, 1.165) is 48.0 Å². The van der Waals surface area contributed by atoms with E-state index in [1.54, 1.807) is 24.9 Å². The molecule has 0 amide bonds. The van der Waals surface area contributed by atoms with Crippen LogP contribution < -0.4 is 10.1 Å². The van der Waals surface area contributed by atoms with Gasteiger partial charge in [-0.1, -0.05) is 0 Å². The maximum absolute atomic E-state index is 5.61. The molecule has 4 aromatic rings. The second-order valence-electron chi connectivity index (χ2n) is 7.28. The number of anilines is 1. The van der Waals surface area contributed by atoms with Crippen molar-refractivity contribution in [2.24, 2.45) is 0 Å². The number of imidazole rings is 1. The molecule has 0 aliphatic heterocycles. The van der Waals surface area contributed by atoms with E-state index in [4.69, 9.17) is 9.47 Å². The van der Waals surface area contributed by atoms with Crippen LogP contribution in [-0.2, 0) is 4.74 Å². The highest BCUT2D eigenvalue weighted by Crippen LogP contribution is 2.34. The van der Waals surface area contributed by atoms with Crippen molar-refractivity contribution < 1.29 is 9.47 Å². The summed E-state index contributed by atoms with van der Waals surface area (Å²) in [6.45, 7) is 0. The highest BCUT2D eigenvalue weighted by Gasteiger charge is 2.23. The number of ether oxygens (including phenoxy) is 2. The summed E-state index contributed by atoms with van der Waals surface area (Å²) in [5, 5.41) is 8.90. The lowest BCUT2D eigenvalue weighted by atomic mass is 9.93. The lowest BCUT2D eigenvalue weighted by Crippen LogP contribution is -2.29. The van der Waals surface area contributed by atoms with Crippen molar-refractivity contribution in [2.75, 3.05) is 19.5 Å². The molecule has 0 spiro atoms. The number of nitrogens with one attached hydrogen (secondary N) is 2. The van der Waals surface area contributed by atoms with Gasteiger partial charge in [-0.05, 0) is 37.8 Å².